The average molecular weight is 416 g/mol. The van der Waals surface area contributed by atoms with E-state index in [1.54, 1.807) is 18.2 Å². The van der Waals surface area contributed by atoms with Crippen LogP contribution in [0.15, 0.2) is 53.6 Å². The molecule has 2 aromatic rings. The van der Waals surface area contributed by atoms with E-state index in [0.29, 0.717) is 36.1 Å². The zero-order chi connectivity index (χ0) is 20.5. The van der Waals surface area contributed by atoms with E-state index in [9.17, 15) is 9.59 Å². The van der Waals surface area contributed by atoms with Crippen LogP contribution in [-0.4, -0.2) is 37.3 Å². The van der Waals surface area contributed by atoms with Crippen LogP contribution in [0.5, 0.6) is 5.75 Å². The van der Waals surface area contributed by atoms with Gasteiger partial charge in [-0.1, -0.05) is 41.9 Å². The summed E-state index contributed by atoms with van der Waals surface area (Å²) in [5, 5.41) is 6.88. The molecule has 0 bridgehead atoms. The summed E-state index contributed by atoms with van der Waals surface area (Å²) in [5.41, 5.74) is 3.80. The Bertz CT molecular complexity index is 867. The first-order valence-electron chi connectivity index (χ1n) is 9.31. The van der Waals surface area contributed by atoms with Crippen LogP contribution in [0.25, 0.3) is 0 Å². The van der Waals surface area contributed by atoms with Gasteiger partial charge in [0.05, 0.1) is 12.3 Å². The lowest BCUT2D eigenvalue weighted by molar-refractivity contribution is -0.139. The molecule has 0 aromatic heterocycles. The van der Waals surface area contributed by atoms with Crippen molar-refractivity contribution in [2.75, 3.05) is 13.2 Å². The highest BCUT2D eigenvalue weighted by Gasteiger charge is 2.19. The van der Waals surface area contributed by atoms with Crippen LogP contribution < -0.4 is 15.5 Å². The monoisotopic (exact) mass is 415 g/mol. The fraction of sp³-hybridized carbons (Fsp3) is 0.286. The number of carbonyl (C=O) groups excluding carboxylic acids is 2. The van der Waals surface area contributed by atoms with Gasteiger partial charge in [-0.2, -0.15) is 5.10 Å². The van der Waals surface area contributed by atoms with Crippen molar-refractivity contribution in [1.29, 1.82) is 0 Å². The Morgan fingerprint density at radius 2 is 2.03 bits per heavy atom. The Balaban J connectivity index is 1.53. The number of nitrogens with zero attached hydrogens (tertiary/aromatic N) is 1. The van der Waals surface area contributed by atoms with Crippen LogP contribution in [0.4, 0.5) is 0 Å². The molecule has 152 valence electrons. The minimum absolute atomic E-state index is 0.0361. The number of benzene rings is 2. The van der Waals surface area contributed by atoms with E-state index in [0.717, 1.165) is 18.4 Å². The summed E-state index contributed by atoms with van der Waals surface area (Å²) in [7, 11) is 0. The Kier molecular flexibility index (Phi) is 7.61. The van der Waals surface area contributed by atoms with Crippen molar-refractivity contribution >= 4 is 29.6 Å². The summed E-state index contributed by atoms with van der Waals surface area (Å²) < 4.78 is 11.2. The van der Waals surface area contributed by atoms with E-state index in [2.05, 4.69) is 15.8 Å². The summed E-state index contributed by atoms with van der Waals surface area (Å²) in [4.78, 5) is 23.7. The molecule has 0 saturated carbocycles. The molecule has 1 aliphatic rings. The van der Waals surface area contributed by atoms with Crippen LogP contribution in [0.3, 0.4) is 0 Å². The second kappa shape index (κ2) is 10.6. The topological polar surface area (TPSA) is 89.0 Å². The van der Waals surface area contributed by atoms with Gasteiger partial charge in [0.15, 0.2) is 0 Å². The maximum absolute atomic E-state index is 11.9. The minimum atomic E-state index is -0.854. The van der Waals surface area contributed by atoms with Crippen molar-refractivity contribution in [2.45, 2.75) is 25.6 Å². The predicted molar refractivity (Wildman–Crippen MR) is 110 cm³/mol. The molecular formula is C21H22ClN3O4. The molecule has 1 fully saturated rings. The Morgan fingerprint density at radius 3 is 2.79 bits per heavy atom. The lowest BCUT2D eigenvalue weighted by Gasteiger charge is -2.10. The summed E-state index contributed by atoms with van der Waals surface area (Å²) in [6.45, 7) is 1.37. The van der Waals surface area contributed by atoms with Gasteiger partial charge in [-0.15, -0.1) is 0 Å². The fourth-order valence-electron chi connectivity index (χ4n) is 2.79. The number of rotatable bonds is 7. The lowest BCUT2D eigenvalue weighted by Crippen LogP contribution is -2.41. The molecule has 2 N–H and O–H groups in total. The van der Waals surface area contributed by atoms with Crippen molar-refractivity contribution < 1.29 is 19.1 Å². The minimum Gasteiger partial charge on any atom is -0.488 e. The number of hydrogen-bond acceptors (Lipinski definition) is 5. The number of halogens is 1. The number of hydrazone groups is 1. The Morgan fingerprint density at radius 1 is 1.21 bits per heavy atom. The number of carbonyl (C=O) groups is 2. The summed E-state index contributed by atoms with van der Waals surface area (Å²) in [6.07, 6.45) is 3.19. The molecule has 3 rings (SSSR count). The van der Waals surface area contributed by atoms with E-state index in [-0.39, 0.29) is 6.10 Å². The van der Waals surface area contributed by atoms with Crippen LogP contribution >= 0.6 is 11.6 Å². The van der Waals surface area contributed by atoms with E-state index < -0.39 is 11.8 Å². The molecule has 1 aliphatic heterocycles. The average Bonchev–Trinajstić information content (AvgIpc) is 3.26. The molecule has 1 atom stereocenters. The number of amides is 2. The molecule has 7 nitrogen and oxygen atoms in total. The SMILES string of the molecule is O=C(NC[C@@H]1CCCO1)C(=O)N/N=C\c1cc(Cl)ccc1OCc1ccccc1. The molecule has 0 spiro atoms. The first-order valence-corrected chi connectivity index (χ1v) is 9.69. The standard InChI is InChI=1S/C21H22ClN3O4/c22-17-8-9-19(29-14-15-5-2-1-3-6-15)16(11-17)12-24-25-21(27)20(26)23-13-18-7-4-10-28-18/h1-3,5-6,8-9,11-12,18H,4,7,10,13-14H2,(H,23,26)(H,25,27)/b24-12-/t18-/m0/s1. The third-order valence-electron chi connectivity index (χ3n) is 4.30. The van der Waals surface area contributed by atoms with Crippen molar-refractivity contribution in [1.82, 2.24) is 10.7 Å². The first kappa shape index (κ1) is 20.8. The zero-order valence-electron chi connectivity index (χ0n) is 15.8. The van der Waals surface area contributed by atoms with Crippen molar-refractivity contribution in [2.24, 2.45) is 5.10 Å². The molecule has 0 radical (unpaired) electrons. The van der Waals surface area contributed by atoms with Gasteiger partial charge in [0.25, 0.3) is 0 Å². The van der Waals surface area contributed by atoms with Crippen LogP contribution in [0.2, 0.25) is 5.02 Å². The molecule has 1 heterocycles. The number of nitrogens with one attached hydrogen (secondary N) is 2. The third-order valence-corrected chi connectivity index (χ3v) is 4.53. The molecule has 29 heavy (non-hydrogen) atoms. The highest BCUT2D eigenvalue weighted by Crippen LogP contribution is 2.22. The predicted octanol–water partition coefficient (Wildman–Crippen LogP) is 2.66. The molecule has 1 saturated heterocycles. The van der Waals surface area contributed by atoms with Gasteiger partial charge >= 0.3 is 11.8 Å². The quantitative estimate of drug-likeness (QED) is 0.413. The highest BCUT2D eigenvalue weighted by atomic mass is 35.5. The third kappa shape index (κ3) is 6.58. The van der Waals surface area contributed by atoms with E-state index in [1.165, 1.54) is 6.21 Å². The van der Waals surface area contributed by atoms with Gasteiger partial charge in [0, 0.05) is 23.7 Å². The van der Waals surface area contributed by atoms with E-state index in [4.69, 9.17) is 21.1 Å². The first-order chi connectivity index (χ1) is 14.1. The van der Waals surface area contributed by atoms with Gasteiger partial charge in [0.1, 0.15) is 12.4 Å². The van der Waals surface area contributed by atoms with Gasteiger partial charge in [-0.05, 0) is 36.6 Å². The second-order valence-corrected chi connectivity index (χ2v) is 6.94. The molecule has 0 unspecified atom stereocenters. The molecule has 0 aliphatic carbocycles. The van der Waals surface area contributed by atoms with Gasteiger partial charge in [-0.25, -0.2) is 5.43 Å². The summed E-state index contributed by atoms with van der Waals surface area (Å²) in [6, 6.07) is 14.8. The molecule has 2 amide bonds. The summed E-state index contributed by atoms with van der Waals surface area (Å²) in [5.74, 6) is -1.06. The van der Waals surface area contributed by atoms with Gasteiger partial charge in [0.2, 0.25) is 0 Å². The van der Waals surface area contributed by atoms with Crippen LogP contribution in [0, 0.1) is 0 Å². The maximum Gasteiger partial charge on any atom is 0.329 e. The molecule has 2 aromatic carbocycles. The smallest absolute Gasteiger partial charge is 0.329 e. The highest BCUT2D eigenvalue weighted by molar-refractivity contribution is 6.35. The second-order valence-electron chi connectivity index (χ2n) is 6.50. The van der Waals surface area contributed by atoms with Crippen molar-refractivity contribution in [3.63, 3.8) is 0 Å². The van der Waals surface area contributed by atoms with Crippen molar-refractivity contribution in [3.05, 3.63) is 64.7 Å². The molecular weight excluding hydrogens is 394 g/mol. The fourth-order valence-corrected chi connectivity index (χ4v) is 2.97. The Labute approximate surface area is 174 Å². The number of hydrogen-bond donors (Lipinski definition) is 2. The summed E-state index contributed by atoms with van der Waals surface area (Å²) >= 11 is 6.05. The maximum atomic E-state index is 11.9. The lowest BCUT2D eigenvalue weighted by atomic mass is 10.2. The molecule has 8 heteroatoms. The van der Waals surface area contributed by atoms with Gasteiger partial charge in [-0.3, -0.25) is 9.59 Å². The number of ether oxygens (including phenoxy) is 2. The van der Waals surface area contributed by atoms with E-state index >= 15 is 0 Å². The van der Waals surface area contributed by atoms with E-state index in [1.807, 2.05) is 30.3 Å². The largest absolute Gasteiger partial charge is 0.488 e. The van der Waals surface area contributed by atoms with Crippen molar-refractivity contribution in [3.8, 4) is 5.75 Å². The van der Waals surface area contributed by atoms with Crippen LogP contribution in [0.1, 0.15) is 24.0 Å². The van der Waals surface area contributed by atoms with Gasteiger partial charge < -0.3 is 14.8 Å². The normalized spacial score (nSPS) is 16.0. The zero-order valence-corrected chi connectivity index (χ0v) is 16.5. The van der Waals surface area contributed by atoms with Crippen LogP contribution in [-0.2, 0) is 20.9 Å². The Hall–Kier alpha value is -2.90.